The third-order valence-electron chi connectivity index (χ3n) is 7.66. The predicted octanol–water partition coefficient (Wildman–Crippen LogP) is 5.45. The number of Topliss-reactive ketones (excluding diaryl/α,β-unsaturated/α-hetero) is 1. The number of nitrogens with one attached hydrogen (secondary N) is 1. The number of hydrogen-bond acceptors (Lipinski definition) is 4. The molecule has 1 unspecified atom stereocenters. The summed E-state index contributed by atoms with van der Waals surface area (Å²) in [5.74, 6) is -0.494. The second-order valence-corrected chi connectivity index (χ2v) is 10.1. The largest absolute Gasteiger partial charge is 0.481 e. The summed E-state index contributed by atoms with van der Waals surface area (Å²) in [5.41, 5.74) is 2.43. The van der Waals surface area contributed by atoms with Crippen LogP contribution in [0.5, 0.6) is 0 Å². The molecule has 1 amide bonds. The van der Waals surface area contributed by atoms with Crippen LogP contribution in [0.3, 0.4) is 0 Å². The average molecular weight is 485 g/mol. The molecule has 6 nitrogen and oxygen atoms in total. The van der Waals surface area contributed by atoms with Crippen LogP contribution in [0.25, 0.3) is 10.8 Å². The van der Waals surface area contributed by atoms with Gasteiger partial charge < -0.3 is 15.3 Å². The smallest absolute Gasteiger partial charge is 0.303 e. The Morgan fingerprint density at radius 2 is 1.53 bits per heavy atom. The number of anilines is 1. The molecule has 0 radical (unpaired) electrons. The molecule has 3 aromatic carbocycles. The molecule has 2 N–H and O–H groups in total. The third-order valence-corrected chi connectivity index (χ3v) is 7.66. The molecule has 2 heterocycles. The Balaban J connectivity index is 1.10. The highest BCUT2D eigenvalue weighted by atomic mass is 16.4. The third kappa shape index (κ3) is 5.27. The number of piperidine rings is 1. The summed E-state index contributed by atoms with van der Waals surface area (Å²) in [5, 5.41) is 14.2. The van der Waals surface area contributed by atoms with E-state index < -0.39 is 5.97 Å². The van der Waals surface area contributed by atoms with Crippen LogP contribution >= 0.6 is 0 Å². The molecule has 2 fully saturated rings. The Morgan fingerprint density at radius 1 is 0.861 bits per heavy atom. The fraction of sp³-hybridized carbons (Fsp3) is 0.367. The van der Waals surface area contributed by atoms with Gasteiger partial charge in [0.25, 0.3) is 5.91 Å². The van der Waals surface area contributed by atoms with Crippen LogP contribution in [-0.2, 0) is 4.79 Å². The van der Waals surface area contributed by atoms with E-state index in [-0.39, 0.29) is 24.0 Å². The summed E-state index contributed by atoms with van der Waals surface area (Å²) >= 11 is 0. The van der Waals surface area contributed by atoms with Crippen molar-refractivity contribution in [2.24, 2.45) is 5.92 Å². The number of rotatable bonds is 9. The first kappa shape index (κ1) is 24.0. The molecule has 3 atom stereocenters. The summed E-state index contributed by atoms with van der Waals surface area (Å²) in [4.78, 5) is 38.8. The number of ketones is 1. The molecule has 2 saturated heterocycles. The second kappa shape index (κ2) is 10.5. The van der Waals surface area contributed by atoms with Gasteiger partial charge in [0.05, 0.1) is 0 Å². The molecule has 2 bridgehead atoms. The van der Waals surface area contributed by atoms with Crippen molar-refractivity contribution >= 4 is 34.1 Å². The van der Waals surface area contributed by atoms with Gasteiger partial charge in [0, 0.05) is 48.3 Å². The maximum atomic E-state index is 12.7. The molecule has 0 saturated carbocycles. The minimum atomic E-state index is -0.705. The van der Waals surface area contributed by atoms with Gasteiger partial charge in [-0.1, -0.05) is 30.3 Å². The first-order chi connectivity index (χ1) is 17.5. The van der Waals surface area contributed by atoms with Crippen LogP contribution in [-0.4, -0.2) is 41.4 Å². The van der Waals surface area contributed by atoms with Gasteiger partial charge in [0.15, 0.2) is 5.78 Å². The lowest BCUT2D eigenvalue weighted by Gasteiger charge is -2.40. The van der Waals surface area contributed by atoms with Gasteiger partial charge in [-0.3, -0.25) is 14.4 Å². The molecule has 0 aromatic heterocycles. The van der Waals surface area contributed by atoms with Crippen LogP contribution in [0.2, 0.25) is 0 Å². The number of amides is 1. The minimum absolute atomic E-state index is 0.0737. The lowest BCUT2D eigenvalue weighted by Crippen LogP contribution is -2.43. The number of nitrogens with zero attached hydrogens (tertiary/aromatic N) is 1. The monoisotopic (exact) mass is 484 g/mol. The average Bonchev–Trinajstić information content (AvgIpc) is 3.15. The fourth-order valence-electron chi connectivity index (χ4n) is 5.97. The molecular weight excluding hydrogens is 452 g/mol. The van der Waals surface area contributed by atoms with Crippen molar-refractivity contribution in [1.29, 1.82) is 0 Å². The Kier molecular flexibility index (Phi) is 7.03. The van der Waals surface area contributed by atoms with Crippen LogP contribution in [0.1, 0.15) is 65.7 Å². The van der Waals surface area contributed by atoms with Gasteiger partial charge in [-0.25, -0.2) is 0 Å². The molecule has 0 spiro atoms. The number of carboxylic acids is 1. The molecule has 6 heteroatoms. The zero-order chi connectivity index (χ0) is 25.1. The van der Waals surface area contributed by atoms with Crippen molar-refractivity contribution in [3.63, 3.8) is 0 Å². The topological polar surface area (TPSA) is 86.7 Å². The van der Waals surface area contributed by atoms with Crippen LogP contribution < -0.4 is 10.2 Å². The highest BCUT2D eigenvalue weighted by Gasteiger charge is 2.41. The Bertz CT molecular complexity index is 1260. The van der Waals surface area contributed by atoms with E-state index in [1.165, 1.54) is 0 Å². The summed E-state index contributed by atoms with van der Waals surface area (Å²) in [6, 6.07) is 22.2. The first-order valence-corrected chi connectivity index (χ1v) is 12.9. The van der Waals surface area contributed by atoms with Crippen molar-refractivity contribution in [2.45, 2.75) is 57.0 Å². The standard InChI is InChI=1S/C30H32N2O4/c33-28(6-3-15-31-30(36)24-8-7-21-4-1-2-5-23(21)19-24)22-9-11-25(12-10-22)32-26-13-14-27(32)17-20(16-26)18-29(34)35/h1-2,4-5,7-12,19-20,26-27H,3,6,13-18H2,(H,31,36)(H,34,35)/t20?,26-,27+. The molecule has 5 rings (SSSR count). The quantitative estimate of drug-likeness (QED) is 0.311. The van der Waals surface area contributed by atoms with Crippen molar-refractivity contribution in [3.8, 4) is 0 Å². The van der Waals surface area contributed by atoms with Gasteiger partial charge in [0.2, 0.25) is 0 Å². The van der Waals surface area contributed by atoms with Crippen molar-refractivity contribution in [3.05, 3.63) is 77.9 Å². The lowest BCUT2D eigenvalue weighted by molar-refractivity contribution is -0.138. The van der Waals surface area contributed by atoms with E-state index in [4.69, 9.17) is 5.11 Å². The maximum absolute atomic E-state index is 12.7. The number of aliphatic carboxylic acids is 1. The SMILES string of the molecule is O=C(O)CC1C[C@H]2CC[C@@H](C1)N2c1ccc(C(=O)CCCNC(=O)c2ccc3ccccc3c2)cc1. The van der Waals surface area contributed by atoms with E-state index in [1.54, 1.807) is 0 Å². The van der Waals surface area contributed by atoms with E-state index in [2.05, 4.69) is 10.2 Å². The Morgan fingerprint density at radius 3 is 2.22 bits per heavy atom. The number of benzene rings is 3. The van der Waals surface area contributed by atoms with E-state index in [0.717, 1.165) is 42.1 Å². The van der Waals surface area contributed by atoms with Gasteiger partial charge in [-0.2, -0.15) is 0 Å². The fourth-order valence-corrected chi connectivity index (χ4v) is 5.97. The molecule has 3 aromatic rings. The summed E-state index contributed by atoms with van der Waals surface area (Å²) in [6.45, 7) is 0.449. The molecule has 2 aliphatic heterocycles. The van der Waals surface area contributed by atoms with Gasteiger partial charge in [-0.05, 0) is 85.2 Å². The molecule has 0 aliphatic carbocycles. The number of carbonyl (C=O) groups is 3. The van der Waals surface area contributed by atoms with Crippen LogP contribution in [0.15, 0.2) is 66.7 Å². The van der Waals surface area contributed by atoms with E-state index in [0.29, 0.717) is 42.6 Å². The highest BCUT2D eigenvalue weighted by Crippen LogP contribution is 2.42. The summed E-state index contributed by atoms with van der Waals surface area (Å²) in [7, 11) is 0. The van der Waals surface area contributed by atoms with Crippen molar-refractivity contribution in [1.82, 2.24) is 5.32 Å². The number of hydrogen-bond donors (Lipinski definition) is 2. The Hall–Kier alpha value is -3.67. The Labute approximate surface area is 211 Å². The molecule has 186 valence electrons. The molecular formula is C30H32N2O4. The van der Waals surface area contributed by atoms with E-state index in [1.807, 2.05) is 66.7 Å². The molecule has 36 heavy (non-hydrogen) atoms. The molecule has 2 aliphatic rings. The second-order valence-electron chi connectivity index (χ2n) is 10.1. The van der Waals surface area contributed by atoms with Crippen molar-refractivity contribution in [2.75, 3.05) is 11.4 Å². The number of carbonyl (C=O) groups excluding carboxylic acids is 2. The predicted molar refractivity (Wildman–Crippen MR) is 141 cm³/mol. The zero-order valence-corrected chi connectivity index (χ0v) is 20.4. The highest BCUT2D eigenvalue weighted by molar-refractivity contribution is 5.99. The number of fused-ring (bicyclic) bond motifs is 3. The lowest BCUT2D eigenvalue weighted by atomic mass is 9.88. The summed E-state index contributed by atoms with van der Waals surface area (Å²) < 4.78 is 0. The van der Waals surface area contributed by atoms with E-state index >= 15 is 0 Å². The van der Waals surface area contributed by atoms with Crippen LogP contribution in [0.4, 0.5) is 5.69 Å². The van der Waals surface area contributed by atoms with Gasteiger partial charge >= 0.3 is 5.97 Å². The van der Waals surface area contributed by atoms with E-state index in [9.17, 15) is 14.4 Å². The maximum Gasteiger partial charge on any atom is 0.303 e. The van der Waals surface area contributed by atoms with Gasteiger partial charge in [-0.15, -0.1) is 0 Å². The van der Waals surface area contributed by atoms with Crippen molar-refractivity contribution < 1.29 is 19.5 Å². The minimum Gasteiger partial charge on any atom is -0.481 e. The first-order valence-electron chi connectivity index (χ1n) is 12.9. The zero-order valence-electron chi connectivity index (χ0n) is 20.4. The van der Waals surface area contributed by atoms with Gasteiger partial charge in [0.1, 0.15) is 0 Å². The van der Waals surface area contributed by atoms with Crippen LogP contribution in [0, 0.1) is 5.92 Å². The normalized spacial score (nSPS) is 20.9. The summed E-state index contributed by atoms with van der Waals surface area (Å²) in [6.07, 6.45) is 5.28. The number of carboxylic acid groups (broad SMARTS) is 1.